The van der Waals surface area contributed by atoms with Gasteiger partial charge in [-0.1, -0.05) is 13.0 Å². The third kappa shape index (κ3) is 3.27. The van der Waals surface area contributed by atoms with Gasteiger partial charge in [-0.15, -0.1) is 0 Å². The number of aromatic amines is 1. The maximum absolute atomic E-state index is 13.6. The number of hydrogen-bond acceptors (Lipinski definition) is 4. The number of nitrogens with zero attached hydrogens (tertiary/aromatic N) is 3. The third-order valence-electron chi connectivity index (χ3n) is 5.63. The molecule has 0 amide bonds. The average Bonchev–Trinajstić information content (AvgIpc) is 3.16. The number of H-pyrrole nitrogens is 1. The summed E-state index contributed by atoms with van der Waals surface area (Å²) in [6.07, 6.45) is 4.34. The maximum Gasteiger partial charge on any atom is 0.243 e. The second-order valence-corrected chi connectivity index (χ2v) is 9.27. The van der Waals surface area contributed by atoms with Crippen LogP contribution in [-0.2, 0) is 10.0 Å². The Morgan fingerprint density at radius 3 is 2.89 bits per heavy atom. The molecular formula is C20H23FN4O2S. The lowest BCUT2D eigenvalue weighted by molar-refractivity contribution is 0.247. The van der Waals surface area contributed by atoms with Crippen LogP contribution in [0.1, 0.15) is 13.3 Å². The number of aromatic nitrogens is 2. The van der Waals surface area contributed by atoms with E-state index < -0.39 is 15.8 Å². The number of pyridine rings is 1. The van der Waals surface area contributed by atoms with E-state index in [9.17, 15) is 12.8 Å². The minimum Gasteiger partial charge on any atom is -0.369 e. The molecule has 8 heteroatoms. The third-order valence-corrected chi connectivity index (χ3v) is 7.49. The van der Waals surface area contributed by atoms with Gasteiger partial charge in [-0.25, -0.2) is 17.8 Å². The lowest BCUT2D eigenvalue weighted by Gasteiger charge is -2.42. The van der Waals surface area contributed by atoms with Crippen molar-refractivity contribution in [1.29, 1.82) is 0 Å². The van der Waals surface area contributed by atoms with Crippen molar-refractivity contribution in [3.63, 3.8) is 0 Å². The second kappa shape index (κ2) is 7.18. The predicted molar refractivity (Wildman–Crippen MR) is 107 cm³/mol. The van der Waals surface area contributed by atoms with Gasteiger partial charge in [-0.2, -0.15) is 4.31 Å². The van der Waals surface area contributed by atoms with Gasteiger partial charge in [0.15, 0.2) is 0 Å². The van der Waals surface area contributed by atoms with Crippen molar-refractivity contribution in [2.45, 2.75) is 24.3 Å². The van der Waals surface area contributed by atoms with Crippen LogP contribution < -0.4 is 4.90 Å². The number of hydrogen-bond donors (Lipinski definition) is 1. The van der Waals surface area contributed by atoms with E-state index in [0.29, 0.717) is 19.0 Å². The summed E-state index contributed by atoms with van der Waals surface area (Å²) in [6, 6.07) is 9.13. The predicted octanol–water partition coefficient (Wildman–Crippen LogP) is 3.24. The molecule has 1 aliphatic rings. The number of sulfonamides is 1. The summed E-state index contributed by atoms with van der Waals surface area (Å²) in [5, 5.41) is 1.00. The van der Waals surface area contributed by atoms with Crippen molar-refractivity contribution in [3.8, 4) is 0 Å². The molecule has 2 unspecified atom stereocenters. The molecule has 3 heterocycles. The van der Waals surface area contributed by atoms with E-state index in [0.717, 1.165) is 29.2 Å². The molecule has 2 aromatic heterocycles. The zero-order valence-corrected chi connectivity index (χ0v) is 16.7. The van der Waals surface area contributed by atoms with E-state index in [1.807, 2.05) is 25.4 Å². The van der Waals surface area contributed by atoms with Crippen molar-refractivity contribution in [1.82, 2.24) is 14.3 Å². The van der Waals surface area contributed by atoms with Crippen LogP contribution in [0.15, 0.2) is 53.7 Å². The highest BCUT2D eigenvalue weighted by molar-refractivity contribution is 7.89. The fraction of sp³-hybridized carbons (Fsp3) is 0.350. The number of rotatable bonds is 4. The standard InChI is InChI=1S/C20H23FN4O2S/c1-14-8-11-25(28(26,27)16-5-3-4-15(21)12-16)13-19(14)24(2)18-7-10-23-20-17(18)6-9-22-20/h3-7,9-10,12,14,19H,8,11,13H2,1-2H3,(H,22,23). The van der Waals surface area contributed by atoms with Gasteiger partial charge in [0.25, 0.3) is 0 Å². The molecule has 3 aromatic rings. The molecular weight excluding hydrogens is 379 g/mol. The molecule has 1 N–H and O–H groups in total. The Hall–Kier alpha value is -2.45. The lowest BCUT2D eigenvalue weighted by Crippen LogP contribution is -2.52. The van der Waals surface area contributed by atoms with Gasteiger partial charge in [0.2, 0.25) is 10.0 Å². The molecule has 28 heavy (non-hydrogen) atoms. The van der Waals surface area contributed by atoms with Gasteiger partial charge in [-0.3, -0.25) is 0 Å². The Kier molecular flexibility index (Phi) is 4.84. The van der Waals surface area contributed by atoms with E-state index in [2.05, 4.69) is 21.8 Å². The minimum atomic E-state index is -3.74. The van der Waals surface area contributed by atoms with Crippen LogP contribution in [0, 0.1) is 11.7 Å². The summed E-state index contributed by atoms with van der Waals surface area (Å²) < 4.78 is 41.1. The van der Waals surface area contributed by atoms with E-state index in [1.54, 1.807) is 6.20 Å². The number of piperidine rings is 1. The van der Waals surface area contributed by atoms with E-state index in [-0.39, 0.29) is 10.9 Å². The van der Waals surface area contributed by atoms with Gasteiger partial charge >= 0.3 is 0 Å². The highest BCUT2D eigenvalue weighted by atomic mass is 32.2. The topological polar surface area (TPSA) is 69.3 Å². The summed E-state index contributed by atoms with van der Waals surface area (Å²) in [5.74, 6) is -0.238. The van der Waals surface area contributed by atoms with Crippen LogP contribution in [0.2, 0.25) is 0 Å². The summed E-state index contributed by atoms with van der Waals surface area (Å²) >= 11 is 0. The molecule has 0 spiro atoms. The van der Waals surface area contributed by atoms with Gasteiger partial charge in [0.1, 0.15) is 11.5 Å². The van der Waals surface area contributed by atoms with Crippen LogP contribution in [0.25, 0.3) is 11.0 Å². The molecule has 0 saturated carbocycles. The fourth-order valence-electron chi connectivity index (χ4n) is 3.95. The monoisotopic (exact) mass is 402 g/mol. The molecule has 1 aromatic carbocycles. The van der Waals surface area contributed by atoms with Crippen LogP contribution >= 0.6 is 0 Å². The zero-order valence-electron chi connectivity index (χ0n) is 15.8. The number of fused-ring (bicyclic) bond motifs is 1. The average molecular weight is 402 g/mol. The molecule has 2 atom stereocenters. The first-order valence-electron chi connectivity index (χ1n) is 9.28. The van der Waals surface area contributed by atoms with Crippen LogP contribution in [0.5, 0.6) is 0 Å². The van der Waals surface area contributed by atoms with Crippen molar-refractivity contribution in [2.75, 3.05) is 25.0 Å². The molecule has 0 radical (unpaired) electrons. The summed E-state index contributed by atoms with van der Waals surface area (Å²) in [5.41, 5.74) is 1.81. The molecule has 1 saturated heterocycles. The minimum absolute atomic E-state index is 0.000363. The zero-order chi connectivity index (χ0) is 19.9. The van der Waals surface area contributed by atoms with Crippen molar-refractivity contribution < 1.29 is 12.8 Å². The quantitative estimate of drug-likeness (QED) is 0.727. The van der Waals surface area contributed by atoms with E-state index >= 15 is 0 Å². The summed E-state index contributed by atoms with van der Waals surface area (Å²) in [6.45, 7) is 2.92. The Labute approximate surface area is 164 Å². The first kappa shape index (κ1) is 18.9. The molecule has 0 aliphatic carbocycles. The van der Waals surface area contributed by atoms with Gasteiger partial charge < -0.3 is 9.88 Å². The van der Waals surface area contributed by atoms with Crippen molar-refractivity contribution in [2.24, 2.45) is 5.92 Å². The van der Waals surface area contributed by atoms with E-state index in [4.69, 9.17) is 0 Å². The maximum atomic E-state index is 13.6. The summed E-state index contributed by atoms with van der Waals surface area (Å²) in [7, 11) is -1.75. The Bertz CT molecular complexity index is 1100. The van der Waals surface area contributed by atoms with Gasteiger partial charge in [-0.05, 0) is 42.7 Å². The number of benzene rings is 1. The second-order valence-electron chi connectivity index (χ2n) is 7.33. The number of anilines is 1. The number of likely N-dealkylation sites (N-methyl/N-ethyl adjacent to an activating group) is 1. The van der Waals surface area contributed by atoms with Crippen molar-refractivity contribution >= 4 is 26.7 Å². The first-order chi connectivity index (χ1) is 13.4. The fourth-order valence-corrected chi connectivity index (χ4v) is 5.46. The molecule has 148 valence electrons. The molecule has 6 nitrogen and oxygen atoms in total. The molecule has 1 fully saturated rings. The van der Waals surface area contributed by atoms with Crippen LogP contribution in [0.4, 0.5) is 10.1 Å². The highest BCUT2D eigenvalue weighted by Gasteiger charge is 2.36. The van der Waals surface area contributed by atoms with Gasteiger partial charge in [0.05, 0.1) is 4.90 Å². The molecule has 1 aliphatic heterocycles. The number of halogens is 1. The Morgan fingerprint density at radius 2 is 2.11 bits per heavy atom. The van der Waals surface area contributed by atoms with Crippen LogP contribution in [-0.4, -0.2) is 48.9 Å². The Balaban J connectivity index is 1.64. The largest absolute Gasteiger partial charge is 0.369 e. The summed E-state index contributed by atoms with van der Waals surface area (Å²) in [4.78, 5) is 9.57. The van der Waals surface area contributed by atoms with Gasteiger partial charge in [0, 0.05) is 49.6 Å². The van der Waals surface area contributed by atoms with E-state index in [1.165, 1.54) is 22.5 Å². The number of nitrogens with one attached hydrogen (secondary N) is 1. The molecule has 4 rings (SSSR count). The van der Waals surface area contributed by atoms with Crippen molar-refractivity contribution in [3.05, 3.63) is 54.6 Å². The smallest absolute Gasteiger partial charge is 0.243 e. The molecule has 0 bridgehead atoms. The highest BCUT2D eigenvalue weighted by Crippen LogP contribution is 2.32. The SMILES string of the molecule is CC1CCN(S(=O)(=O)c2cccc(F)c2)CC1N(C)c1ccnc2[nH]ccc12. The van der Waals surface area contributed by atoms with Crippen LogP contribution in [0.3, 0.4) is 0 Å². The lowest BCUT2D eigenvalue weighted by atomic mass is 9.93. The Morgan fingerprint density at radius 1 is 1.29 bits per heavy atom. The first-order valence-corrected chi connectivity index (χ1v) is 10.7. The normalized spacial score (nSPS) is 21.1.